The maximum Gasteiger partial charge on any atom is 0.240 e. The number of halogens is 1. The van der Waals surface area contributed by atoms with Crippen molar-refractivity contribution in [2.45, 2.75) is 25.7 Å². The Morgan fingerprint density at radius 2 is 2.05 bits per heavy atom. The van der Waals surface area contributed by atoms with E-state index in [1.165, 1.54) is 0 Å². The van der Waals surface area contributed by atoms with Crippen LogP contribution in [0.1, 0.15) is 19.4 Å². The summed E-state index contributed by atoms with van der Waals surface area (Å²) in [6.07, 6.45) is 0. The predicted octanol–water partition coefficient (Wildman–Crippen LogP) is 2.71. The zero-order valence-corrected chi connectivity index (χ0v) is 13.8. The topological polar surface area (TPSA) is 55.4 Å². The van der Waals surface area contributed by atoms with Crippen LogP contribution >= 0.6 is 15.9 Å². The van der Waals surface area contributed by atoms with Crippen LogP contribution in [-0.4, -0.2) is 28.2 Å². The van der Waals surface area contributed by atoms with Gasteiger partial charge in [-0.1, -0.05) is 29.8 Å². The molecule has 0 spiro atoms. The van der Waals surface area contributed by atoms with Crippen molar-refractivity contribution in [3.05, 3.63) is 28.2 Å². The molecule has 108 valence electrons. The first-order chi connectivity index (χ1) is 8.83. The Morgan fingerprint density at radius 1 is 1.37 bits per heavy atom. The first kappa shape index (κ1) is 16.6. The highest BCUT2D eigenvalue weighted by molar-refractivity contribution is 9.10. The van der Waals surface area contributed by atoms with Gasteiger partial charge in [-0.3, -0.25) is 0 Å². The second-order valence-electron chi connectivity index (χ2n) is 4.78. The van der Waals surface area contributed by atoms with Gasteiger partial charge >= 0.3 is 0 Å². The molecule has 1 aromatic carbocycles. The molecule has 0 saturated carbocycles. The van der Waals surface area contributed by atoms with E-state index in [4.69, 9.17) is 4.74 Å². The van der Waals surface area contributed by atoms with Crippen molar-refractivity contribution in [1.29, 1.82) is 0 Å². The van der Waals surface area contributed by atoms with Gasteiger partial charge in [0.2, 0.25) is 10.0 Å². The van der Waals surface area contributed by atoms with Crippen molar-refractivity contribution in [3.63, 3.8) is 0 Å². The van der Waals surface area contributed by atoms with Crippen molar-refractivity contribution in [1.82, 2.24) is 4.72 Å². The van der Waals surface area contributed by atoms with E-state index in [-0.39, 0.29) is 11.4 Å². The van der Waals surface area contributed by atoms with Gasteiger partial charge in [-0.25, -0.2) is 13.1 Å². The molecular formula is C13H20BrNO3S. The number of benzene rings is 1. The molecule has 0 unspecified atom stereocenters. The third-order valence-corrected chi connectivity index (χ3v) is 4.78. The molecule has 0 aliphatic carbocycles. The Kier molecular flexibility index (Phi) is 6.46. The Balaban J connectivity index is 2.54. The Morgan fingerprint density at radius 3 is 2.63 bits per heavy atom. The molecule has 0 heterocycles. The summed E-state index contributed by atoms with van der Waals surface area (Å²) in [5.41, 5.74) is 0.888. The summed E-state index contributed by atoms with van der Waals surface area (Å²) in [6, 6.07) is 4.95. The standard InChI is InChI=1S/C13H20BrNO3S/c1-10(2)9-18-7-6-15-19(16,17)12-4-5-13(14)11(3)8-12/h4-5,8,10,15H,6-7,9H2,1-3H3. The third kappa shape index (κ3) is 5.60. The van der Waals surface area contributed by atoms with Gasteiger partial charge in [0.05, 0.1) is 11.5 Å². The Bertz CT molecular complexity index is 515. The molecule has 0 fully saturated rings. The van der Waals surface area contributed by atoms with E-state index in [0.29, 0.717) is 19.1 Å². The molecule has 0 aromatic heterocycles. The van der Waals surface area contributed by atoms with Crippen molar-refractivity contribution in [2.24, 2.45) is 5.92 Å². The van der Waals surface area contributed by atoms with Gasteiger partial charge in [-0.15, -0.1) is 0 Å². The first-order valence-corrected chi connectivity index (χ1v) is 8.44. The summed E-state index contributed by atoms with van der Waals surface area (Å²) in [4.78, 5) is 0.275. The summed E-state index contributed by atoms with van der Waals surface area (Å²) >= 11 is 3.35. The van der Waals surface area contributed by atoms with Crippen LogP contribution in [0, 0.1) is 12.8 Å². The number of nitrogens with one attached hydrogen (secondary N) is 1. The second kappa shape index (κ2) is 7.38. The van der Waals surface area contributed by atoms with Gasteiger partial charge in [0.1, 0.15) is 0 Å². The average molecular weight is 350 g/mol. The summed E-state index contributed by atoms with van der Waals surface area (Å²) in [5.74, 6) is 0.450. The number of hydrogen-bond acceptors (Lipinski definition) is 3. The van der Waals surface area contributed by atoms with Gasteiger partial charge < -0.3 is 4.74 Å². The zero-order chi connectivity index (χ0) is 14.5. The van der Waals surface area contributed by atoms with Crippen molar-refractivity contribution >= 4 is 26.0 Å². The molecule has 0 atom stereocenters. The molecule has 19 heavy (non-hydrogen) atoms. The van der Waals surface area contributed by atoms with Gasteiger partial charge in [0.15, 0.2) is 0 Å². The minimum absolute atomic E-state index is 0.275. The highest BCUT2D eigenvalue weighted by atomic mass is 79.9. The van der Waals surface area contributed by atoms with Gasteiger partial charge in [-0.05, 0) is 36.6 Å². The largest absolute Gasteiger partial charge is 0.380 e. The summed E-state index contributed by atoms with van der Waals surface area (Å²) < 4.78 is 32.8. The van der Waals surface area contributed by atoms with Crippen molar-refractivity contribution < 1.29 is 13.2 Å². The van der Waals surface area contributed by atoms with Crippen LogP contribution < -0.4 is 4.72 Å². The number of sulfonamides is 1. The lowest BCUT2D eigenvalue weighted by atomic mass is 10.2. The van der Waals surface area contributed by atoms with E-state index in [0.717, 1.165) is 10.0 Å². The molecule has 6 heteroatoms. The van der Waals surface area contributed by atoms with Crippen LogP contribution in [0.15, 0.2) is 27.6 Å². The fourth-order valence-electron chi connectivity index (χ4n) is 1.43. The molecule has 1 N–H and O–H groups in total. The lowest BCUT2D eigenvalue weighted by Crippen LogP contribution is -2.28. The third-order valence-electron chi connectivity index (χ3n) is 2.43. The first-order valence-electron chi connectivity index (χ1n) is 6.16. The molecule has 0 aliphatic rings. The van der Waals surface area contributed by atoms with Gasteiger partial charge in [0, 0.05) is 17.6 Å². The van der Waals surface area contributed by atoms with E-state index in [1.54, 1.807) is 18.2 Å². The van der Waals surface area contributed by atoms with Gasteiger partial charge in [0.25, 0.3) is 0 Å². The van der Waals surface area contributed by atoms with E-state index in [2.05, 4.69) is 34.5 Å². The monoisotopic (exact) mass is 349 g/mol. The van der Waals surface area contributed by atoms with E-state index in [1.807, 2.05) is 6.92 Å². The summed E-state index contributed by atoms with van der Waals surface area (Å²) in [6.45, 7) is 7.26. The van der Waals surface area contributed by atoms with Crippen LogP contribution in [0.2, 0.25) is 0 Å². The number of aryl methyl sites for hydroxylation is 1. The predicted molar refractivity (Wildman–Crippen MR) is 79.7 cm³/mol. The number of rotatable bonds is 7. The smallest absolute Gasteiger partial charge is 0.240 e. The van der Waals surface area contributed by atoms with E-state index >= 15 is 0 Å². The highest BCUT2D eigenvalue weighted by Gasteiger charge is 2.14. The maximum absolute atomic E-state index is 12.0. The van der Waals surface area contributed by atoms with Crippen molar-refractivity contribution in [3.8, 4) is 0 Å². The summed E-state index contributed by atoms with van der Waals surface area (Å²) in [7, 11) is -3.45. The lowest BCUT2D eigenvalue weighted by Gasteiger charge is -2.09. The molecule has 1 aromatic rings. The number of hydrogen-bond donors (Lipinski definition) is 1. The normalized spacial score (nSPS) is 12.1. The van der Waals surface area contributed by atoms with Crippen molar-refractivity contribution in [2.75, 3.05) is 19.8 Å². The second-order valence-corrected chi connectivity index (χ2v) is 7.40. The van der Waals surface area contributed by atoms with E-state index in [9.17, 15) is 8.42 Å². The molecule has 0 aliphatic heterocycles. The van der Waals surface area contributed by atoms with Gasteiger partial charge in [-0.2, -0.15) is 0 Å². The van der Waals surface area contributed by atoms with Crippen LogP contribution in [0.25, 0.3) is 0 Å². The molecule has 4 nitrogen and oxygen atoms in total. The Hall–Kier alpha value is -0.430. The SMILES string of the molecule is Cc1cc(S(=O)(=O)NCCOCC(C)C)ccc1Br. The quantitative estimate of drug-likeness (QED) is 0.770. The van der Waals surface area contributed by atoms with Crippen LogP contribution in [0.4, 0.5) is 0 Å². The molecule has 0 bridgehead atoms. The fraction of sp³-hybridized carbons (Fsp3) is 0.538. The molecular weight excluding hydrogens is 330 g/mol. The van der Waals surface area contributed by atoms with E-state index < -0.39 is 10.0 Å². The van der Waals surface area contributed by atoms with Crippen LogP contribution in [0.5, 0.6) is 0 Å². The minimum atomic E-state index is -3.45. The van der Waals surface area contributed by atoms with Crippen LogP contribution in [0.3, 0.4) is 0 Å². The molecule has 0 amide bonds. The van der Waals surface area contributed by atoms with Crippen LogP contribution in [-0.2, 0) is 14.8 Å². The maximum atomic E-state index is 12.0. The average Bonchev–Trinajstić information content (AvgIpc) is 2.31. The lowest BCUT2D eigenvalue weighted by molar-refractivity contribution is 0.114. The fourth-order valence-corrected chi connectivity index (χ4v) is 2.78. The molecule has 0 saturated heterocycles. The minimum Gasteiger partial charge on any atom is -0.380 e. The highest BCUT2D eigenvalue weighted by Crippen LogP contribution is 2.19. The Labute approximate surface area is 123 Å². The number of ether oxygens (including phenoxy) is 1. The summed E-state index contributed by atoms with van der Waals surface area (Å²) in [5, 5.41) is 0. The molecule has 0 radical (unpaired) electrons. The zero-order valence-electron chi connectivity index (χ0n) is 11.4. The molecule has 1 rings (SSSR count).